The van der Waals surface area contributed by atoms with Crippen LogP contribution in [0.1, 0.15) is 79.4 Å². The lowest BCUT2D eigenvalue weighted by molar-refractivity contribution is -0.126. The average molecular weight is 639 g/mol. The maximum absolute atomic E-state index is 13.2. The van der Waals surface area contributed by atoms with Crippen molar-refractivity contribution in [3.05, 3.63) is 99.6 Å². The van der Waals surface area contributed by atoms with Crippen LogP contribution in [0.4, 0.5) is 5.69 Å². The number of anilines is 1. The van der Waals surface area contributed by atoms with E-state index in [1.165, 1.54) is 18.4 Å². The van der Waals surface area contributed by atoms with Gasteiger partial charge in [-0.3, -0.25) is 4.79 Å². The molecule has 1 unspecified atom stereocenters. The molecule has 44 heavy (non-hydrogen) atoms. The fraction of sp³-hybridized carbons (Fsp3) is 0.324. The van der Waals surface area contributed by atoms with Crippen molar-refractivity contribution < 1.29 is 23.8 Å². The highest BCUT2D eigenvalue weighted by Crippen LogP contribution is 2.33. The van der Waals surface area contributed by atoms with Gasteiger partial charge in [-0.1, -0.05) is 74.5 Å². The van der Waals surface area contributed by atoms with Gasteiger partial charge < -0.3 is 25.3 Å². The van der Waals surface area contributed by atoms with Crippen molar-refractivity contribution in [2.45, 2.75) is 65.0 Å². The van der Waals surface area contributed by atoms with Crippen LogP contribution >= 0.6 is 23.2 Å². The molecule has 0 aliphatic heterocycles. The summed E-state index contributed by atoms with van der Waals surface area (Å²) in [4.78, 5) is 29.0. The molecule has 0 spiro atoms. The molecule has 1 atom stereocenters. The summed E-state index contributed by atoms with van der Waals surface area (Å²) >= 11 is 12.5. The fourth-order valence-corrected chi connectivity index (χ4v) is 5.62. The zero-order chi connectivity index (χ0) is 31.6. The molecule has 232 valence electrons. The number of oxazole rings is 1. The molecule has 1 aliphatic rings. The number of ether oxygens (including phenoxy) is 1. The van der Waals surface area contributed by atoms with Crippen LogP contribution in [0.3, 0.4) is 0 Å². The highest BCUT2D eigenvalue weighted by atomic mass is 35.5. The SMILES string of the molecule is CC.Nc1cc(CC(NC(=O)C2CCCCC2)c2nc(-c3ccc(Cl)cc3Cl)co2)ccc1OCc1ccc(C(=O)O)cc1. The van der Waals surface area contributed by atoms with E-state index < -0.39 is 12.0 Å². The number of benzene rings is 3. The summed E-state index contributed by atoms with van der Waals surface area (Å²) in [7, 11) is 0. The fourth-order valence-electron chi connectivity index (χ4n) is 5.12. The van der Waals surface area contributed by atoms with E-state index in [-0.39, 0.29) is 24.0 Å². The van der Waals surface area contributed by atoms with Crippen LogP contribution in [0.15, 0.2) is 71.3 Å². The van der Waals surface area contributed by atoms with Gasteiger partial charge in [-0.05, 0) is 66.4 Å². The Bertz CT molecular complexity index is 1570. The summed E-state index contributed by atoms with van der Waals surface area (Å²) < 4.78 is 11.8. The third-order valence-electron chi connectivity index (χ3n) is 7.43. The van der Waals surface area contributed by atoms with Gasteiger partial charge in [0.15, 0.2) is 0 Å². The predicted octanol–water partition coefficient (Wildman–Crippen LogP) is 8.51. The van der Waals surface area contributed by atoms with Crippen LogP contribution in [-0.4, -0.2) is 22.0 Å². The van der Waals surface area contributed by atoms with Crippen molar-refractivity contribution in [2.75, 3.05) is 5.73 Å². The Morgan fingerprint density at radius 3 is 2.39 bits per heavy atom. The summed E-state index contributed by atoms with van der Waals surface area (Å²) in [6, 6.07) is 16.6. The van der Waals surface area contributed by atoms with Crippen molar-refractivity contribution >= 4 is 40.8 Å². The Morgan fingerprint density at radius 2 is 1.73 bits per heavy atom. The van der Waals surface area contributed by atoms with Gasteiger partial charge in [-0.15, -0.1) is 0 Å². The van der Waals surface area contributed by atoms with E-state index in [2.05, 4.69) is 10.3 Å². The van der Waals surface area contributed by atoms with Crippen LogP contribution in [0.2, 0.25) is 10.0 Å². The molecular formula is C34H37Cl2N3O5. The monoisotopic (exact) mass is 637 g/mol. The number of rotatable bonds is 10. The Balaban J connectivity index is 0.00000216. The second-order valence-corrected chi connectivity index (χ2v) is 11.3. The molecule has 0 bridgehead atoms. The number of amides is 1. The molecule has 10 heteroatoms. The Labute approximate surface area is 267 Å². The zero-order valence-corrected chi connectivity index (χ0v) is 26.3. The van der Waals surface area contributed by atoms with Gasteiger partial charge >= 0.3 is 5.97 Å². The summed E-state index contributed by atoms with van der Waals surface area (Å²) in [6.07, 6.45) is 6.90. The number of hydrogen-bond donors (Lipinski definition) is 3. The molecule has 1 fully saturated rings. The first-order valence-corrected chi connectivity index (χ1v) is 15.6. The Morgan fingerprint density at radius 1 is 1.02 bits per heavy atom. The standard InChI is InChI=1S/C32H31Cl2N3O5.C2H6/c33-23-11-12-24(25(34)16-23)28-18-42-31(37-28)27(36-30(38)21-4-2-1-3-5-21)15-20-8-13-29(26(35)14-20)41-17-19-6-9-22(10-7-19)32(39)40;1-2/h6-14,16,18,21,27H,1-5,15,17,35H2,(H,36,38)(H,39,40);1-2H3. The second kappa shape index (κ2) is 15.6. The third kappa shape index (κ3) is 8.55. The summed E-state index contributed by atoms with van der Waals surface area (Å²) in [5.74, 6) is -0.161. The first kappa shape index (κ1) is 32.9. The number of nitrogen functional groups attached to an aromatic ring is 1. The normalized spacial score (nSPS) is 13.8. The number of nitrogens with two attached hydrogens (primary N) is 1. The molecule has 4 N–H and O–H groups in total. The quantitative estimate of drug-likeness (QED) is 0.149. The van der Waals surface area contributed by atoms with Crippen molar-refractivity contribution in [1.82, 2.24) is 10.3 Å². The van der Waals surface area contributed by atoms with E-state index in [1.807, 2.05) is 26.0 Å². The van der Waals surface area contributed by atoms with Crippen molar-refractivity contribution in [2.24, 2.45) is 5.92 Å². The van der Waals surface area contributed by atoms with Gasteiger partial charge in [0.25, 0.3) is 0 Å². The lowest BCUT2D eigenvalue weighted by atomic mass is 9.88. The molecule has 8 nitrogen and oxygen atoms in total. The smallest absolute Gasteiger partial charge is 0.335 e. The molecule has 3 aromatic carbocycles. The Kier molecular flexibility index (Phi) is 11.7. The number of carboxylic acids is 1. The lowest BCUT2D eigenvalue weighted by Crippen LogP contribution is -2.36. The van der Waals surface area contributed by atoms with Gasteiger partial charge in [-0.2, -0.15) is 0 Å². The number of hydrogen-bond acceptors (Lipinski definition) is 6. The number of nitrogens with one attached hydrogen (secondary N) is 1. The molecule has 1 saturated carbocycles. The van der Waals surface area contributed by atoms with Gasteiger partial charge in [0.1, 0.15) is 30.4 Å². The maximum Gasteiger partial charge on any atom is 0.335 e. The largest absolute Gasteiger partial charge is 0.487 e. The van der Waals surface area contributed by atoms with E-state index in [9.17, 15) is 9.59 Å². The molecule has 5 rings (SSSR count). The average Bonchev–Trinajstić information content (AvgIpc) is 3.52. The van der Waals surface area contributed by atoms with Crippen LogP contribution < -0.4 is 15.8 Å². The highest BCUT2D eigenvalue weighted by Gasteiger charge is 2.27. The number of nitrogens with zero attached hydrogens (tertiary/aromatic N) is 1. The number of halogens is 2. The summed E-state index contributed by atoms with van der Waals surface area (Å²) in [6.45, 7) is 4.23. The molecule has 1 heterocycles. The number of carboxylic acid groups (broad SMARTS) is 1. The van der Waals surface area contributed by atoms with Gasteiger partial charge in [0.05, 0.1) is 16.3 Å². The number of carbonyl (C=O) groups is 2. The van der Waals surface area contributed by atoms with E-state index in [1.54, 1.807) is 36.4 Å². The van der Waals surface area contributed by atoms with Crippen molar-refractivity contribution in [3.8, 4) is 17.0 Å². The molecule has 1 aliphatic carbocycles. The topological polar surface area (TPSA) is 128 Å². The zero-order valence-electron chi connectivity index (χ0n) is 24.8. The molecule has 1 aromatic heterocycles. The highest BCUT2D eigenvalue weighted by molar-refractivity contribution is 6.36. The van der Waals surface area contributed by atoms with Gasteiger partial charge in [0, 0.05) is 22.9 Å². The first-order chi connectivity index (χ1) is 21.3. The van der Waals surface area contributed by atoms with E-state index in [0.717, 1.165) is 43.2 Å². The number of carbonyl (C=O) groups excluding carboxylic acids is 1. The van der Waals surface area contributed by atoms with Crippen molar-refractivity contribution in [3.63, 3.8) is 0 Å². The molecular weight excluding hydrogens is 601 g/mol. The molecule has 4 aromatic rings. The van der Waals surface area contributed by atoms with Crippen molar-refractivity contribution in [1.29, 1.82) is 0 Å². The predicted molar refractivity (Wildman–Crippen MR) is 173 cm³/mol. The lowest BCUT2D eigenvalue weighted by Gasteiger charge is -2.24. The minimum absolute atomic E-state index is 0.00850. The van der Waals surface area contributed by atoms with E-state index in [0.29, 0.717) is 45.1 Å². The Hall–Kier alpha value is -4.01. The van der Waals surface area contributed by atoms with E-state index in [4.69, 9.17) is 43.2 Å². The van der Waals surface area contributed by atoms with Crippen LogP contribution in [-0.2, 0) is 17.8 Å². The minimum atomic E-state index is -0.981. The van der Waals surface area contributed by atoms with Crippen LogP contribution in [0.5, 0.6) is 5.75 Å². The second-order valence-electron chi connectivity index (χ2n) is 10.5. The van der Waals surface area contributed by atoms with Crippen LogP contribution in [0, 0.1) is 5.92 Å². The molecule has 1 amide bonds. The van der Waals surface area contributed by atoms with Gasteiger partial charge in [0.2, 0.25) is 11.8 Å². The molecule has 0 saturated heterocycles. The third-order valence-corrected chi connectivity index (χ3v) is 7.98. The number of aromatic nitrogens is 1. The maximum atomic E-state index is 13.2. The summed E-state index contributed by atoms with van der Waals surface area (Å²) in [5.41, 5.74) is 9.89. The summed E-state index contributed by atoms with van der Waals surface area (Å²) in [5, 5.41) is 13.2. The van der Waals surface area contributed by atoms with E-state index >= 15 is 0 Å². The van der Waals surface area contributed by atoms with Crippen LogP contribution in [0.25, 0.3) is 11.3 Å². The van der Waals surface area contributed by atoms with Gasteiger partial charge in [-0.25, -0.2) is 9.78 Å². The number of aromatic carboxylic acids is 1. The first-order valence-electron chi connectivity index (χ1n) is 14.8. The molecule has 0 radical (unpaired) electrons. The minimum Gasteiger partial charge on any atom is -0.487 e.